The molecular formula is C46H57N2OU. The van der Waals surface area contributed by atoms with Crippen molar-refractivity contribution in [2.45, 2.75) is 129 Å². The van der Waals surface area contributed by atoms with Crippen LogP contribution < -0.4 is 15.1 Å². The molecule has 1 aliphatic rings. The van der Waals surface area contributed by atoms with E-state index >= 15 is 0 Å². The molecule has 0 saturated heterocycles. The van der Waals surface area contributed by atoms with Crippen LogP contribution in [0.2, 0.25) is 0 Å². The Bertz CT molecular complexity index is 1720. The van der Waals surface area contributed by atoms with Gasteiger partial charge in [-0.25, -0.2) is 0 Å². The summed E-state index contributed by atoms with van der Waals surface area (Å²) in [4.78, 5) is 10.5. The Hall–Kier alpha value is -2.93. The summed E-state index contributed by atoms with van der Waals surface area (Å²) in [5, 5.41) is 12.3. The summed E-state index contributed by atoms with van der Waals surface area (Å²) in [5.41, 5.74) is 10.4. The van der Waals surface area contributed by atoms with E-state index in [1.807, 2.05) is 18.2 Å². The molecule has 5 aromatic rings. The zero-order valence-corrected chi connectivity index (χ0v) is 37.1. The molecule has 4 heteroatoms. The van der Waals surface area contributed by atoms with Gasteiger partial charge in [-0.1, -0.05) is 199 Å². The molecule has 261 valence electrons. The van der Waals surface area contributed by atoms with E-state index < -0.39 is 0 Å². The Morgan fingerprint density at radius 1 is 0.420 bits per heavy atom. The molecule has 3 nitrogen and oxygen atoms in total. The topological polar surface area (TPSA) is 51.3 Å². The fourth-order valence-electron chi connectivity index (χ4n) is 7.02. The van der Waals surface area contributed by atoms with Gasteiger partial charge in [-0.15, -0.1) is 28.5 Å². The largest absolute Gasteiger partial charge is 3.00 e. The minimum atomic E-state index is -0.202. The van der Waals surface area contributed by atoms with Gasteiger partial charge >= 0.3 is 31.1 Å². The monoisotopic (exact) mass is 891 g/mol. The molecule has 0 N–H and O–H groups in total. The number of fused-ring (bicyclic) bond motifs is 8. The maximum Gasteiger partial charge on any atom is 3.00 e. The van der Waals surface area contributed by atoms with E-state index in [0.717, 1.165) is 33.9 Å². The van der Waals surface area contributed by atoms with E-state index in [1.165, 1.54) is 22.3 Å². The van der Waals surface area contributed by atoms with Crippen molar-refractivity contribution >= 4 is 0 Å². The van der Waals surface area contributed by atoms with Gasteiger partial charge in [-0.3, -0.25) is 0 Å². The summed E-state index contributed by atoms with van der Waals surface area (Å²) in [5.74, 6) is 0.206. The maximum absolute atomic E-state index is 12.3. The van der Waals surface area contributed by atoms with E-state index in [0.29, 0.717) is 0 Å². The number of benzene rings is 3. The van der Waals surface area contributed by atoms with Crippen molar-refractivity contribution in [2.24, 2.45) is 0 Å². The van der Waals surface area contributed by atoms with Gasteiger partial charge in [0.2, 0.25) is 0 Å². The zero-order chi connectivity index (χ0) is 36.4. The van der Waals surface area contributed by atoms with Crippen LogP contribution in [0.3, 0.4) is 0 Å². The third kappa shape index (κ3) is 7.36. The van der Waals surface area contributed by atoms with Gasteiger partial charge in [0.1, 0.15) is 0 Å². The normalized spacial score (nSPS) is 17.2. The first-order valence-corrected chi connectivity index (χ1v) is 17.8. The van der Waals surface area contributed by atoms with E-state index in [1.54, 1.807) is 0 Å². The molecule has 3 aromatic carbocycles. The van der Waals surface area contributed by atoms with Crippen LogP contribution in [-0.4, -0.2) is 0 Å². The van der Waals surface area contributed by atoms with Crippen molar-refractivity contribution in [2.75, 3.05) is 0 Å². The van der Waals surface area contributed by atoms with Gasteiger partial charge in [0.15, 0.2) is 0 Å². The summed E-state index contributed by atoms with van der Waals surface area (Å²) in [6.45, 7) is 30.7. The van der Waals surface area contributed by atoms with Crippen LogP contribution in [0.25, 0.3) is 0 Å². The molecule has 0 saturated carbocycles. The molecule has 6 rings (SSSR count). The molecule has 1 radical (unpaired) electrons. The van der Waals surface area contributed by atoms with Crippen LogP contribution in [0.5, 0.6) is 5.75 Å². The molecule has 0 unspecified atom stereocenters. The Labute approximate surface area is 326 Å². The summed E-state index contributed by atoms with van der Waals surface area (Å²) in [7, 11) is 0. The van der Waals surface area contributed by atoms with Gasteiger partial charge in [-0.05, 0) is 54.7 Å². The number of nitrogens with zero attached hydrogens (tertiary/aromatic N) is 2. The first-order chi connectivity index (χ1) is 22.5. The number of hydrogen-bond acceptors (Lipinski definition) is 1. The molecule has 8 bridgehead atoms. The van der Waals surface area contributed by atoms with Crippen molar-refractivity contribution in [1.82, 2.24) is 9.97 Å². The van der Waals surface area contributed by atoms with Gasteiger partial charge in [0.05, 0.1) is 0 Å². The first-order valence-electron chi connectivity index (χ1n) is 17.8. The maximum atomic E-state index is 12.3. The molecule has 0 spiro atoms. The molecule has 50 heavy (non-hydrogen) atoms. The standard InChI is InChI=1S/C32H36N2.C14H22O.U/c1-29(2)21-11-9-12-22(19-21)30(3,4)27-17-18-28(34-27)32(7,8)24-14-10-13-23(20-24)31(5,6)26-16-15-25(29)33-26;1-13(2,3)10-8-7-9-11(12(10)15)14(4,5)6;/h9-20H,1-8H3;7-9,15H,1-6H3;/q-2;;+3/p-1. The van der Waals surface area contributed by atoms with Crippen LogP contribution in [0.4, 0.5) is 0 Å². The van der Waals surface area contributed by atoms with E-state index in [2.05, 4.69) is 170 Å². The predicted molar refractivity (Wildman–Crippen MR) is 204 cm³/mol. The fraction of sp³-hybridized carbons (Fsp3) is 0.435. The van der Waals surface area contributed by atoms with Crippen LogP contribution in [0.15, 0.2) is 91.0 Å². The second-order valence-electron chi connectivity index (χ2n) is 18.3. The van der Waals surface area contributed by atoms with Gasteiger partial charge in [-0.2, -0.15) is 0 Å². The molecule has 3 heterocycles. The number of aromatic nitrogens is 2. The average molecular weight is 892 g/mol. The van der Waals surface area contributed by atoms with E-state index in [-0.39, 0.29) is 69.4 Å². The van der Waals surface area contributed by atoms with Crippen LogP contribution >= 0.6 is 0 Å². The van der Waals surface area contributed by atoms with Crippen molar-refractivity contribution in [3.05, 3.63) is 147 Å². The number of hydrogen-bond donors (Lipinski definition) is 0. The number of para-hydroxylation sites is 1. The van der Waals surface area contributed by atoms with Crippen molar-refractivity contribution in [3.63, 3.8) is 0 Å². The molecule has 0 fully saturated rings. The van der Waals surface area contributed by atoms with Crippen molar-refractivity contribution < 1.29 is 36.2 Å². The second-order valence-corrected chi connectivity index (χ2v) is 18.3. The van der Waals surface area contributed by atoms with Gasteiger partial charge in [0, 0.05) is 0 Å². The third-order valence-electron chi connectivity index (χ3n) is 11.1. The molecule has 0 atom stereocenters. The minimum absolute atomic E-state index is 0. The van der Waals surface area contributed by atoms with Crippen LogP contribution in [0.1, 0.15) is 153 Å². The SMILES string of the molecule is CC(C)(C)c1cccc(C(C)(C)C)c1[O-].CC1(C)c2cccc(c2)C(C)(C)c2ccc([n-]2)C(C)(C)c2cccc(c2)C(C)(C)c2ccc1[n-]2.[U+3]. The Kier molecular flexibility index (Phi) is 10.8. The Balaban J connectivity index is 0.000000297. The first kappa shape index (κ1) is 39.9. The zero-order valence-electron chi connectivity index (χ0n) is 33.0. The Morgan fingerprint density at radius 3 is 0.900 bits per heavy atom. The molecule has 1 aliphatic heterocycles. The molecular weight excluding hydrogens is 835 g/mol. The summed E-state index contributed by atoms with van der Waals surface area (Å²) >= 11 is 0. The average Bonchev–Trinajstić information content (AvgIpc) is 3.73. The third-order valence-corrected chi connectivity index (χ3v) is 11.1. The molecule has 2 aromatic heterocycles. The fourth-order valence-corrected chi connectivity index (χ4v) is 7.02. The second kappa shape index (κ2) is 13.6. The summed E-state index contributed by atoms with van der Waals surface area (Å²) < 4.78 is 0. The minimum Gasteiger partial charge on any atom is -0.872 e. The Morgan fingerprint density at radius 2 is 0.660 bits per heavy atom. The quantitative estimate of drug-likeness (QED) is 0.156. The van der Waals surface area contributed by atoms with Gasteiger partial charge < -0.3 is 15.1 Å². The summed E-state index contributed by atoms with van der Waals surface area (Å²) in [6.07, 6.45) is 0. The number of rotatable bonds is 0. The van der Waals surface area contributed by atoms with Crippen molar-refractivity contribution in [3.8, 4) is 5.75 Å². The smallest absolute Gasteiger partial charge is 0.872 e. The van der Waals surface area contributed by atoms with Crippen LogP contribution in [0, 0.1) is 31.1 Å². The van der Waals surface area contributed by atoms with E-state index in [9.17, 15) is 5.11 Å². The summed E-state index contributed by atoms with van der Waals surface area (Å²) in [6, 6.07) is 32.7. The molecule has 0 aliphatic carbocycles. The van der Waals surface area contributed by atoms with E-state index in [4.69, 9.17) is 9.97 Å². The predicted octanol–water partition coefficient (Wildman–Crippen LogP) is 10.6. The van der Waals surface area contributed by atoms with Crippen molar-refractivity contribution in [1.29, 1.82) is 0 Å². The molecule has 0 amide bonds. The van der Waals surface area contributed by atoms with Gasteiger partial charge in [0.25, 0.3) is 0 Å². The van der Waals surface area contributed by atoms with Crippen LogP contribution in [-0.2, 0) is 32.5 Å².